The second kappa shape index (κ2) is 5.95. The molecule has 4 nitrogen and oxygen atoms in total. The summed E-state index contributed by atoms with van der Waals surface area (Å²) in [6.45, 7) is 11.4. The fraction of sp³-hybridized carbons (Fsp3) is 0.647. The highest BCUT2D eigenvalue weighted by molar-refractivity contribution is 5.48. The Bertz CT molecular complexity index is 485. The first kappa shape index (κ1) is 14.8. The Kier molecular flexibility index (Phi) is 4.20. The van der Waals surface area contributed by atoms with Gasteiger partial charge in [0.15, 0.2) is 0 Å². The van der Waals surface area contributed by atoms with Crippen LogP contribution in [0.5, 0.6) is 0 Å². The van der Waals surface area contributed by atoms with Crippen LogP contribution in [-0.4, -0.2) is 56.9 Å². The van der Waals surface area contributed by atoms with Crippen molar-refractivity contribution in [1.29, 1.82) is 0 Å². The van der Waals surface area contributed by atoms with E-state index in [1.54, 1.807) is 0 Å². The SMILES string of the molecule is Cc1cccc(N2CCN(CC3(C)COCC3N)CC2)c1. The topological polar surface area (TPSA) is 41.7 Å². The van der Waals surface area contributed by atoms with Crippen LogP contribution in [0, 0.1) is 12.3 Å². The van der Waals surface area contributed by atoms with Gasteiger partial charge in [-0.3, -0.25) is 4.90 Å². The monoisotopic (exact) mass is 289 g/mol. The van der Waals surface area contributed by atoms with Gasteiger partial charge in [-0.15, -0.1) is 0 Å². The molecule has 2 saturated heterocycles. The van der Waals surface area contributed by atoms with E-state index in [-0.39, 0.29) is 11.5 Å². The third kappa shape index (κ3) is 3.23. The Morgan fingerprint density at radius 2 is 2.05 bits per heavy atom. The Morgan fingerprint density at radius 3 is 2.67 bits per heavy atom. The summed E-state index contributed by atoms with van der Waals surface area (Å²) in [4.78, 5) is 5.03. The number of anilines is 1. The summed E-state index contributed by atoms with van der Waals surface area (Å²) in [5.41, 5.74) is 9.00. The molecule has 1 aromatic rings. The van der Waals surface area contributed by atoms with E-state index < -0.39 is 0 Å². The average Bonchev–Trinajstić information content (AvgIpc) is 2.79. The lowest BCUT2D eigenvalue weighted by atomic mass is 9.85. The Hall–Kier alpha value is -1.10. The molecule has 2 N–H and O–H groups in total. The van der Waals surface area contributed by atoms with Crippen LogP contribution in [-0.2, 0) is 4.74 Å². The lowest BCUT2D eigenvalue weighted by Gasteiger charge is -2.40. The van der Waals surface area contributed by atoms with Crippen molar-refractivity contribution >= 4 is 5.69 Å². The summed E-state index contributed by atoms with van der Waals surface area (Å²) < 4.78 is 5.56. The summed E-state index contributed by atoms with van der Waals surface area (Å²) >= 11 is 0. The first-order chi connectivity index (χ1) is 10.1. The van der Waals surface area contributed by atoms with Gasteiger partial charge in [0.1, 0.15) is 0 Å². The van der Waals surface area contributed by atoms with E-state index in [0.717, 1.165) is 39.3 Å². The maximum absolute atomic E-state index is 6.20. The van der Waals surface area contributed by atoms with Gasteiger partial charge in [0.2, 0.25) is 0 Å². The molecular formula is C17H27N3O. The smallest absolute Gasteiger partial charge is 0.0624 e. The van der Waals surface area contributed by atoms with Gasteiger partial charge in [0, 0.05) is 49.9 Å². The van der Waals surface area contributed by atoms with Crippen LogP contribution in [0.25, 0.3) is 0 Å². The van der Waals surface area contributed by atoms with Crippen LogP contribution >= 0.6 is 0 Å². The van der Waals surface area contributed by atoms with Gasteiger partial charge in [-0.1, -0.05) is 19.1 Å². The predicted molar refractivity (Wildman–Crippen MR) is 86.7 cm³/mol. The molecule has 2 fully saturated rings. The number of piperazine rings is 1. The molecule has 2 aliphatic rings. The third-order valence-electron chi connectivity index (χ3n) is 4.95. The van der Waals surface area contributed by atoms with Gasteiger partial charge in [0.05, 0.1) is 13.2 Å². The van der Waals surface area contributed by atoms with Crippen LogP contribution in [0.1, 0.15) is 12.5 Å². The summed E-state index contributed by atoms with van der Waals surface area (Å²) in [6.07, 6.45) is 0. The molecule has 4 heteroatoms. The molecule has 0 aromatic heterocycles. The van der Waals surface area contributed by atoms with Crippen molar-refractivity contribution in [2.45, 2.75) is 19.9 Å². The molecule has 3 rings (SSSR count). The number of rotatable bonds is 3. The van der Waals surface area contributed by atoms with E-state index in [9.17, 15) is 0 Å². The van der Waals surface area contributed by atoms with E-state index in [2.05, 4.69) is 47.9 Å². The van der Waals surface area contributed by atoms with E-state index >= 15 is 0 Å². The summed E-state index contributed by atoms with van der Waals surface area (Å²) in [5.74, 6) is 0. The second-order valence-electron chi connectivity index (χ2n) is 6.88. The van der Waals surface area contributed by atoms with Gasteiger partial charge < -0.3 is 15.4 Å². The number of aryl methyl sites for hydroxylation is 1. The standard InChI is InChI=1S/C17H27N3O/c1-14-4-3-5-15(10-14)20-8-6-19(7-9-20)12-17(2)13-21-11-16(17)18/h3-5,10,16H,6-9,11-13,18H2,1-2H3. The van der Waals surface area contributed by atoms with Gasteiger partial charge >= 0.3 is 0 Å². The van der Waals surface area contributed by atoms with Crippen molar-refractivity contribution in [3.05, 3.63) is 29.8 Å². The number of benzene rings is 1. The van der Waals surface area contributed by atoms with E-state index in [1.807, 2.05) is 0 Å². The van der Waals surface area contributed by atoms with E-state index in [0.29, 0.717) is 6.61 Å². The average molecular weight is 289 g/mol. The summed E-state index contributed by atoms with van der Waals surface area (Å²) in [7, 11) is 0. The first-order valence-electron chi connectivity index (χ1n) is 7.94. The Morgan fingerprint density at radius 1 is 1.29 bits per heavy atom. The normalized spacial score (nSPS) is 30.8. The van der Waals surface area contributed by atoms with Crippen LogP contribution < -0.4 is 10.6 Å². The predicted octanol–water partition coefficient (Wildman–Crippen LogP) is 1.48. The second-order valence-corrected chi connectivity index (χ2v) is 6.88. The number of nitrogens with two attached hydrogens (primary N) is 1. The molecule has 1 aromatic carbocycles. The Balaban J connectivity index is 1.56. The van der Waals surface area contributed by atoms with E-state index in [4.69, 9.17) is 10.5 Å². The van der Waals surface area contributed by atoms with Crippen molar-refractivity contribution < 1.29 is 4.74 Å². The molecule has 0 amide bonds. The molecule has 0 bridgehead atoms. The zero-order valence-electron chi connectivity index (χ0n) is 13.2. The largest absolute Gasteiger partial charge is 0.379 e. The minimum Gasteiger partial charge on any atom is -0.379 e. The molecule has 2 aliphatic heterocycles. The van der Waals surface area contributed by atoms with Gasteiger partial charge in [-0.2, -0.15) is 0 Å². The first-order valence-corrected chi connectivity index (χ1v) is 7.94. The maximum Gasteiger partial charge on any atom is 0.0624 e. The molecule has 0 spiro atoms. The van der Waals surface area contributed by atoms with Crippen LogP contribution in [0.15, 0.2) is 24.3 Å². The highest BCUT2D eigenvalue weighted by Gasteiger charge is 2.39. The Labute approximate surface area is 127 Å². The lowest BCUT2D eigenvalue weighted by molar-refractivity contribution is 0.115. The minimum atomic E-state index is 0.117. The molecule has 0 saturated carbocycles. The number of ether oxygens (including phenoxy) is 1. The van der Waals surface area contributed by atoms with Crippen molar-refractivity contribution in [1.82, 2.24) is 4.90 Å². The molecule has 0 radical (unpaired) electrons. The third-order valence-corrected chi connectivity index (χ3v) is 4.95. The molecule has 21 heavy (non-hydrogen) atoms. The fourth-order valence-corrected chi connectivity index (χ4v) is 3.39. The van der Waals surface area contributed by atoms with Gasteiger partial charge in [0.25, 0.3) is 0 Å². The van der Waals surface area contributed by atoms with Gasteiger partial charge in [-0.25, -0.2) is 0 Å². The highest BCUT2D eigenvalue weighted by Crippen LogP contribution is 2.29. The highest BCUT2D eigenvalue weighted by atomic mass is 16.5. The van der Waals surface area contributed by atoms with Crippen molar-refractivity contribution in [2.75, 3.05) is 50.8 Å². The molecule has 116 valence electrons. The number of hydrogen-bond donors (Lipinski definition) is 1. The zero-order valence-corrected chi connectivity index (χ0v) is 13.2. The van der Waals surface area contributed by atoms with Crippen molar-refractivity contribution in [2.24, 2.45) is 11.1 Å². The quantitative estimate of drug-likeness (QED) is 0.915. The molecule has 2 unspecified atom stereocenters. The van der Waals surface area contributed by atoms with Crippen molar-refractivity contribution in [3.8, 4) is 0 Å². The van der Waals surface area contributed by atoms with Crippen LogP contribution in [0.3, 0.4) is 0 Å². The van der Waals surface area contributed by atoms with Crippen molar-refractivity contribution in [3.63, 3.8) is 0 Å². The molecule has 2 atom stereocenters. The molecule has 2 heterocycles. The fourth-order valence-electron chi connectivity index (χ4n) is 3.39. The summed E-state index contributed by atoms with van der Waals surface area (Å²) in [6, 6.07) is 8.96. The molecular weight excluding hydrogens is 262 g/mol. The zero-order chi connectivity index (χ0) is 14.9. The van der Waals surface area contributed by atoms with E-state index in [1.165, 1.54) is 11.3 Å². The van der Waals surface area contributed by atoms with Gasteiger partial charge in [-0.05, 0) is 24.6 Å². The molecule has 0 aliphatic carbocycles. The minimum absolute atomic E-state index is 0.117. The number of hydrogen-bond acceptors (Lipinski definition) is 4. The number of nitrogens with zero attached hydrogens (tertiary/aromatic N) is 2. The summed E-state index contributed by atoms with van der Waals surface area (Å²) in [5, 5.41) is 0. The maximum atomic E-state index is 6.20. The van der Waals surface area contributed by atoms with Crippen LogP contribution in [0.4, 0.5) is 5.69 Å². The lowest BCUT2D eigenvalue weighted by Crippen LogP contribution is -2.53. The van der Waals surface area contributed by atoms with Crippen LogP contribution in [0.2, 0.25) is 0 Å².